The molecule has 0 fully saturated rings. The second kappa shape index (κ2) is 6.12. The molecule has 1 unspecified atom stereocenters. The van der Waals surface area contributed by atoms with Crippen LogP contribution in [0.2, 0.25) is 0 Å². The summed E-state index contributed by atoms with van der Waals surface area (Å²) in [5, 5.41) is 1.14. The van der Waals surface area contributed by atoms with Crippen LogP contribution in [0.1, 0.15) is 32.8 Å². The molecule has 108 valence electrons. The van der Waals surface area contributed by atoms with Crippen molar-refractivity contribution in [1.82, 2.24) is 9.88 Å². The number of nitrogens with zero attached hydrogens (tertiary/aromatic N) is 1. The van der Waals surface area contributed by atoms with Crippen LogP contribution in [0.5, 0.6) is 0 Å². The van der Waals surface area contributed by atoms with Gasteiger partial charge in [-0.15, -0.1) is 0 Å². The lowest BCUT2D eigenvalue weighted by Crippen LogP contribution is -2.36. The summed E-state index contributed by atoms with van der Waals surface area (Å²) in [5.74, 6) is 0.788. The van der Waals surface area contributed by atoms with Crippen LogP contribution >= 0.6 is 0 Å². The number of benzene rings is 1. The number of amides is 1. The molecule has 1 N–H and O–H groups in total. The highest BCUT2D eigenvalue weighted by Crippen LogP contribution is 2.19. The molecule has 1 aromatic heterocycles. The first kappa shape index (κ1) is 14.6. The fraction of sp³-hybridized carbons (Fsp3) is 0.471. The number of aromatic amines is 1. The zero-order valence-electron chi connectivity index (χ0n) is 12.8. The van der Waals surface area contributed by atoms with Crippen molar-refractivity contribution < 1.29 is 4.79 Å². The lowest BCUT2D eigenvalue weighted by atomic mass is 10.0. The average Bonchev–Trinajstić information content (AvgIpc) is 2.80. The number of fused-ring (bicyclic) bond motifs is 1. The van der Waals surface area contributed by atoms with E-state index in [2.05, 4.69) is 31.8 Å². The van der Waals surface area contributed by atoms with E-state index in [9.17, 15) is 4.79 Å². The molecule has 3 nitrogen and oxygen atoms in total. The van der Waals surface area contributed by atoms with Crippen molar-refractivity contribution in [1.29, 1.82) is 0 Å². The van der Waals surface area contributed by atoms with E-state index in [1.807, 2.05) is 36.3 Å². The normalized spacial score (nSPS) is 12.8. The number of aromatic nitrogens is 1. The van der Waals surface area contributed by atoms with Crippen LogP contribution < -0.4 is 0 Å². The predicted molar refractivity (Wildman–Crippen MR) is 83.7 cm³/mol. The molecule has 0 aliphatic carbocycles. The van der Waals surface area contributed by atoms with Crippen molar-refractivity contribution in [2.24, 2.45) is 5.92 Å². The molecule has 0 aliphatic rings. The van der Waals surface area contributed by atoms with Gasteiger partial charge in [-0.1, -0.05) is 32.0 Å². The topological polar surface area (TPSA) is 36.1 Å². The number of H-pyrrole nitrogens is 1. The maximum atomic E-state index is 12.4. The standard InChI is InChI=1S/C17H24N2O/c1-12(2)9-13(3)19(4)17(20)10-14-11-18-16-8-6-5-7-15(14)16/h5-8,11-13,18H,9-10H2,1-4H3. The maximum Gasteiger partial charge on any atom is 0.227 e. The molecule has 2 aromatic rings. The smallest absolute Gasteiger partial charge is 0.227 e. The second-order valence-corrected chi connectivity index (χ2v) is 6.02. The third-order valence-corrected chi connectivity index (χ3v) is 3.88. The molecule has 2 rings (SSSR count). The molecule has 0 aliphatic heterocycles. The molecule has 1 heterocycles. The van der Waals surface area contributed by atoms with E-state index in [0.717, 1.165) is 22.9 Å². The van der Waals surface area contributed by atoms with Gasteiger partial charge in [-0.25, -0.2) is 0 Å². The lowest BCUT2D eigenvalue weighted by Gasteiger charge is -2.26. The summed E-state index contributed by atoms with van der Waals surface area (Å²) >= 11 is 0. The molecular weight excluding hydrogens is 248 g/mol. The summed E-state index contributed by atoms with van der Waals surface area (Å²) in [5.41, 5.74) is 2.17. The van der Waals surface area contributed by atoms with Crippen molar-refractivity contribution in [2.75, 3.05) is 7.05 Å². The largest absolute Gasteiger partial charge is 0.361 e. The minimum absolute atomic E-state index is 0.183. The Morgan fingerprint density at radius 3 is 2.65 bits per heavy atom. The fourth-order valence-electron chi connectivity index (χ4n) is 2.65. The van der Waals surface area contributed by atoms with Crippen molar-refractivity contribution in [2.45, 2.75) is 39.7 Å². The molecule has 0 spiro atoms. The summed E-state index contributed by atoms with van der Waals surface area (Å²) in [6.45, 7) is 6.50. The van der Waals surface area contributed by atoms with Crippen molar-refractivity contribution in [3.8, 4) is 0 Å². The van der Waals surface area contributed by atoms with Gasteiger partial charge in [0, 0.05) is 30.2 Å². The van der Waals surface area contributed by atoms with E-state index in [1.165, 1.54) is 0 Å². The Labute approximate surface area is 121 Å². The average molecular weight is 272 g/mol. The molecule has 1 atom stereocenters. The number of carbonyl (C=O) groups excluding carboxylic acids is 1. The third kappa shape index (κ3) is 3.21. The number of carbonyl (C=O) groups is 1. The van der Waals surface area contributed by atoms with Gasteiger partial charge in [0.25, 0.3) is 0 Å². The molecule has 0 saturated carbocycles. The first-order valence-electron chi connectivity index (χ1n) is 7.29. The van der Waals surface area contributed by atoms with E-state index in [0.29, 0.717) is 12.3 Å². The molecule has 0 radical (unpaired) electrons. The Morgan fingerprint density at radius 1 is 1.25 bits per heavy atom. The van der Waals surface area contributed by atoms with Crippen molar-refractivity contribution in [3.05, 3.63) is 36.0 Å². The Balaban J connectivity index is 2.07. The summed E-state index contributed by atoms with van der Waals surface area (Å²) in [6, 6.07) is 8.39. The van der Waals surface area contributed by atoms with Gasteiger partial charge in [-0.2, -0.15) is 0 Å². The van der Waals surface area contributed by atoms with Gasteiger partial charge in [0.05, 0.1) is 6.42 Å². The van der Waals surface area contributed by atoms with Crippen LogP contribution in [0.25, 0.3) is 10.9 Å². The number of nitrogens with one attached hydrogen (secondary N) is 1. The molecule has 3 heteroatoms. The van der Waals surface area contributed by atoms with Crippen LogP contribution in [0.4, 0.5) is 0 Å². The van der Waals surface area contributed by atoms with Crippen LogP contribution in [-0.2, 0) is 11.2 Å². The molecule has 20 heavy (non-hydrogen) atoms. The van der Waals surface area contributed by atoms with Crippen molar-refractivity contribution >= 4 is 16.8 Å². The highest BCUT2D eigenvalue weighted by Gasteiger charge is 2.18. The molecule has 0 saturated heterocycles. The van der Waals surface area contributed by atoms with Gasteiger partial charge in [-0.3, -0.25) is 4.79 Å². The van der Waals surface area contributed by atoms with Crippen LogP contribution in [0.15, 0.2) is 30.5 Å². The monoisotopic (exact) mass is 272 g/mol. The summed E-state index contributed by atoms with van der Waals surface area (Å²) in [4.78, 5) is 17.5. The predicted octanol–water partition coefficient (Wildman–Crippen LogP) is 3.60. The minimum atomic E-state index is 0.183. The first-order chi connectivity index (χ1) is 9.49. The molecule has 1 aromatic carbocycles. The van der Waals surface area contributed by atoms with E-state index in [-0.39, 0.29) is 11.9 Å². The molecule has 1 amide bonds. The zero-order valence-corrected chi connectivity index (χ0v) is 12.8. The third-order valence-electron chi connectivity index (χ3n) is 3.88. The van der Waals surface area contributed by atoms with Gasteiger partial charge in [0.15, 0.2) is 0 Å². The quantitative estimate of drug-likeness (QED) is 0.887. The number of para-hydroxylation sites is 1. The summed E-state index contributed by atoms with van der Waals surface area (Å²) < 4.78 is 0. The van der Waals surface area contributed by atoms with E-state index in [4.69, 9.17) is 0 Å². The van der Waals surface area contributed by atoms with Gasteiger partial charge < -0.3 is 9.88 Å². The van der Waals surface area contributed by atoms with Gasteiger partial charge in [-0.05, 0) is 30.9 Å². The fourth-order valence-corrected chi connectivity index (χ4v) is 2.65. The SMILES string of the molecule is CC(C)CC(C)N(C)C(=O)Cc1c[nH]c2ccccc12. The number of hydrogen-bond acceptors (Lipinski definition) is 1. The Morgan fingerprint density at radius 2 is 1.95 bits per heavy atom. The lowest BCUT2D eigenvalue weighted by molar-refractivity contribution is -0.131. The minimum Gasteiger partial charge on any atom is -0.361 e. The zero-order chi connectivity index (χ0) is 14.7. The Bertz CT molecular complexity index is 585. The first-order valence-corrected chi connectivity index (χ1v) is 7.29. The van der Waals surface area contributed by atoms with Crippen LogP contribution in [0, 0.1) is 5.92 Å². The molecule has 0 bridgehead atoms. The maximum absolute atomic E-state index is 12.4. The van der Waals surface area contributed by atoms with E-state index < -0.39 is 0 Å². The Hall–Kier alpha value is -1.77. The van der Waals surface area contributed by atoms with E-state index in [1.54, 1.807) is 0 Å². The van der Waals surface area contributed by atoms with Crippen LogP contribution in [-0.4, -0.2) is 28.9 Å². The van der Waals surface area contributed by atoms with Gasteiger partial charge >= 0.3 is 0 Å². The highest BCUT2D eigenvalue weighted by molar-refractivity contribution is 5.88. The molecular formula is C17H24N2O. The van der Waals surface area contributed by atoms with Gasteiger partial charge in [0.1, 0.15) is 0 Å². The Kier molecular flexibility index (Phi) is 4.48. The highest BCUT2D eigenvalue weighted by atomic mass is 16.2. The number of rotatable bonds is 5. The van der Waals surface area contributed by atoms with E-state index >= 15 is 0 Å². The number of likely N-dealkylation sites (N-methyl/N-ethyl adjacent to an activating group) is 1. The van der Waals surface area contributed by atoms with Crippen LogP contribution in [0.3, 0.4) is 0 Å². The van der Waals surface area contributed by atoms with Crippen molar-refractivity contribution in [3.63, 3.8) is 0 Å². The number of hydrogen-bond donors (Lipinski definition) is 1. The van der Waals surface area contributed by atoms with Gasteiger partial charge in [0.2, 0.25) is 5.91 Å². The second-order valence-electron chi connectivity index (χ2n) is 6.02. The summed E-state index contributed by atoms with van der Waals surface area (Å²) in [7, 11) is 1.91. The summed E-state index contributed by atoms with van der Waals surface area (Å²) in [6.07, 6.45) is 3.45.